The molecule has 2 unspecified atom stereocenters. The van der Waals surface area contributed by atoms with Crippen LogP contribution in [-0.2, 0) is 22.9 Å². The van der Waals surface area contributed by atoms with Crippen molar-refractivity contribution in [3.05, 3.63) is 65.5 Å². The average Bonchev–Trinajstić information content (AvgIpc) is 3.12. The van der Waals surface area contributed by atoms with E-state index < -0.39 is 15.7 Å². The van der Waals surface area contributed by atoms with Gasteiger partial charge in [-0.2, -0.15) is 0 Å². The van der Waals surface area contributed by atoms with Crippen LogP contribution in [0.3, 0.4) is 0 Å². The number of nitrogens with zero attached hydrogens (tertiary/aromatic N) is 3. The summed E-state index contributed by atoms with van der Waals surface area (Å²) in [6, 6.07) is 13.3. The molecule has 1 fully saturated rings. The van der Waals surface area contributed by atoms with Crippen LogP contribution >= 0.6 is 0 Å². The Balaban J connectivity index is 1.52. The molecule has 0 radical (unpaired) electrons. The lowest BCUT2D eigenvalue weighted by Crippen LogP contribution is -2.38. The third-order valence-electron chi connectivity index (χ3n) is 5.96. The summed E-state index contributed by atoms with van der Waals surface area (Å²) >= 11 is 0. The number of aromatic nitrogens is 2. The van der Waals surface area contributed by atoms with E-state index in [0.29, 0.717) is 23.9 Å². The SMILES string of the molecule is CC1CC(C)CN(Cc2ccccc2CNC(=O)c2nc(S(C)(=O)=O)n3ccccc23)C1. The smallest absolute Gasteiger partial charge is 0.272 e. The zero-order valence-corrected chi connectivity index (χ0v) is 19.6. The van der Waals surface area contributed by atoms with Crippen molar-refractivity contribution in [1.82, 2.24) is 19.6 Å². The first-order valence-electron chi connectivity index (χ1n) is 11.0. The van der Waals surface area contributed by atoms with E-state index in [0.717, 1.165) is 31.5 Å². The van der Waals surface area contributed by atoms with Gasteiger partial charge in [-0.1, -0.05) is 44.2 Å². The van der Waals surface area contributed by atoms with Gasteiger partial charge in [0, 0.05) is 38.6 Å². The fourth-order valence-corrected chi connectivity index (χ4v) is 5.52. The Kier molecular flexibility index (Phi) is 6.35. The van der Waals surface area contributed by atoms with E-state index in [-0.39, 0.29) is 10.9 Å². The summed E-state index contributed by atoms with van der Waals surface area (Å²) in [6.07, 6.45) is 3.96. The van der Waals surface area contributed by atoms with Crippen LogP contribution in [0.2, 0.25) is 0 Å². The monoisotopic (exact) mass is 454 g/mol. The molecule has 8 heteroatoms. The number of rotatable bonds is 6. The largest absolute Gasteiger partial charge is 0.347 e. The van der Waals surface area contributed by atoms with Crippen molar-refractivity contribution in [2.24, 2.45) is 11.8 Å². The minimum Gasteiger partial charge on any atom is -0.347 e. The summed E-state index contributed by atoms with van der Waals surface area (Å²) < 4.78 is 25.7. The maximum Gasteiger partial charge on any atom is 0.272 e. The van der Waals surface area contributed by atoms with Gasteiger partial charge in [-0.05, 0) is 41.5 Å². The van der Waals surface area contributed by atoms with Crippen LogP contribution in [0.25, 0.3) is 5.52 Å². The molecule has 1 aromatic carbocycles. The van der Waals surface area contributed by atoms with Gasteiger partial charge >= 0.3 is 0 Å². The molecule has 1 saturated heterocycles. The number of hydrogen-bond acceptors (Lipinski definition) is 5. The van der Waals surface area contributed by atoms with E-state index in [1.165, 1.54) is 16.4 Å². The van der Waals surface area contributed by atoms with Crippen LogP contribution in [0.15, 0.2) is 53.8 Å². The van der Waals surface area contributed by atoms with Crippen LogP contribution in [0.5, 0.6) is 0 Å². The molecular formula is C24H30N4O3S. The van der Waals surface area contributed by atoms with Gasteiger partial charge in [0.05, 0.1) is 5.52 Å². The van der Waals surface area contributed by atoms with E-state index in [2.05, 4.69) is 35.1 Å². The number of hydrogen-bond donors (Lipinski definition) is 1. The van der Waals surface area contributed by atoms with Crippen molar-refractivity contribution in [2.45, 2.75) is 38.5 Å². The van der Waals surface area contributed by atoms with Gasteiger partial charge in [-0.3, -0.25) is 14.1 Å². The molecule has 0 saturated carbocycles. The van der Waals surface area contributed by atoms with Crippen LogP contribution in [0.4, 0.5) is 0 Å². The number of imidazole rings is 1. The Morgan fingerprint density at radius 1 is 1.06 bits per heavy atom. The summed E-state index contributed by atoms with van der Waals surface area (Å²) in [4.78, 5) is 19.6. The summed E-state index contributed by atoms with van der Waals surface area (Å²) in [5.41, 5.74) is 2.83. The van der Waals surface area contributed by atoms with E-state index in [1.54, 1.807) is 24.4 Å². The van der Waals surface area contributed by atoms with Gasteiger partial charge in [0.15, 0.2) is 5.69 Å². The molecule has 0 spiro atoms. The molecule has 2 aromatic heterocycles. The maximum atomic E-state index is 13.0. The normalized spacial score (nSPS) is 19.8. The number of amides is 1. The molecule has 3 heterocycles. The second-order valence-electron chi connectivity index (χ2n) is 9.06. The average molecular weight is 455 g/mol. The van der Waals surface area contributed by atoms with E-state index in [4.69, 9.17) is 0 Å². The lowest BCUT2D eigenvalue weighted by Gasteiger charge is -2.35. The zero-order valence-electron chi connectivity index (χ0n) is 18.8. The van der Waals surface area contributed by atoms with Crippen LogP contribution in [-0.4, -0.2) is 48.0 Å². The first-order valence-corrected chi connectivity index (χ1v) is 12.9. The molecule has 7 nitrogen and oxygen atoms in total. The van der Waals surface area contributed by atoms with Gasteiger partial charge in [0.2, 0.25) is 15.0 Å². The first-order chi connectivity index (χ1) is 15.2. The summed E-state index contributed by atoms with van der Waals surface area (Å²) in [5.74, 6) is 0.978. The lowest BCUT2D eigenvalue weighted by atomic mass is 9.91. The number of fused-ring (bicyclic) bond motifs is 1. The number of carbonyl (C=O) groups excluding carboxylic acids is 1. The third-order valence-corrected chi connectivity index (χ3v) is 6.91. The second-order valence-corrected chi connectivity index (χ2v) is 11.0. The molecule has 1 aliphatic heterocycles. The summed E-state index contributed by atoms with van der Waals surface area (Å²) in [7, 11) is -3.58. The van der Waals surface area contributed by atoms with E-state index >= 15 is 0 Å². The number of benzene rings is 1. The van der Waals surface area contributed by atoms with Gasteiger partial charge in [0.1, 0.15) is 0 Å². The zero-order chi connectivity index (χ0) is 22.9. The molecular weight excluding hydrogens is 424 g/mol. The number of likely N-dealkylation sites (tertiary alicyclic amines) is 1. The van der Waals surface area contributed by atoms with E-state index in [9.17, 15) is 13.2 Å². The highest BCUT2D eigenvalue weighted by Gasteiger charge is 2.24. The van der Waals surface area contributed by atoms with Crippen molar-refractivity contribution >= 4 is 21.3 Å². The minimum atomic E-state index is -3.58. The van der Waals surface area contributed by atoms with E-state index in [1.807, 2.05) is 18.2 Å². The van der Waals surface area contributed by atoms with Gasteiger partial charge in [-0.25, -0.2) is 13.4 Å². The van der Waals surface area contributed by atoms with Crippen LogP contribution < -0.4 is 5.32 Å². The number of piperidine rings is 1. The fourth-order valence-electron chi connectivity index (χ4n) is 4.74. The van der Waals surface area contributed by atoms with Gasteiger partial charge in [0.25, 0.3) is 5.91 Å². The standard InChI is InChI=1S/C24H30N4O3S/c1-17-12-18(2)15-27(14-17)16-20-9-5-4-8-19(20)13-25-23(29)22-21-10-6-7-11-28(21)24(26-22)32(3,30)31/h4-11,17-18H,12-16H2,1-3H3,(H,25,29). The van der Waals surface area contributed by atoms with Gasteiger partial charge in [-0.15, -0.1) is 0 Å². The number of nitrogens with one attached hydrogen (secondary N) is 1. The van der Waals surface area contributed by atoms with Crippen molar-refractivity contribution in [3.8, 4) is 0 Å². The molecule has 1 aliphatic rings. The highest BCUT2D eigenvalue weighted by atomic mass is 32.2. The van der Waals surface area contributed by atoms with Crippen molar-refractivity contribution in [3.63, 3.8) is 0 Å². The predicted octanol–water partition coefficient (Wildman–Crippen LogP) is 3.15. The second kappa shape index (κ2) is 9.03. The summed E-state index contributed by atoms with van der Waals surface area (Å²) in [5, 5.41) is 2.81. The van der Waals surface area contributed by atoms with Crippen molar-refractivity contribution < 1.29 is 13.2 Å². The maximum absolute atomic E-state index is 13.0. The van der Waals surface area contributed by atoms with Crippen LogP contribution in [0.1, 0.15) is 41.9 Å². The lowest BCUT2D eigenvalue weighted by molar-refractivity contribution is 0.0947. The number of sulfone groups is 1. The number of pyridine rings is 1. The molecule has 4 rings (SSSR count). The molecule has 0 aliphatic carbocycles. The molecule has 32 heavy (non-hydrogen) atoms. The summed E-state index contributed by atoms with van der Waals surface area (Å²) in [6.45, 7) is 7.98. The third kappa shape index (κ3) is 4.86. The molecule has 0 bridgehead atoms. The Morgan fingerprint density at radius 3 is 2.41 bits per heavy atom. The highest BCUT2D eigenvalue weighted by Crippen LogP contribution is 2.23. The first kappa shape index (κ1) is 22.5. The molecule has 1 N–H and O–H groups in total. The molecule has 1 amide bonds. The number of carbonyl (C=O) groups is 1. The molecule has 3 aromatic rings. The predicted molar refractivity (Wildman–Crippen MR) is 124 cm³/mol. The Bertz CT molecular complexity index is 1230. The molecule has 2 atom stereocenters. The minimum absolute atomic E-state index is 0.113. The Morgan fingerprint density at radius 2 is 1.72 bits per heavy atom. The van der Waals surface area contributed by atoms with Gasteiger partial charge < -0.3 is 5.32 Å². The van der Waals surface area contributed by atoms with Crippen molar-refractivity contribution in [1.29, 1.82) is 0 Å². The molecule has 170 valence electrons. The Labute approximate surface area is 189 Å². The Hall–Kier alpha value is -2.71. The van der Waals surface area contributed by atoms with Crippen molar-refractivity contribution in [2.75, 3.05) is 19.3 Å². The fraction of sp³-hybridized carbons (Fsp3) is 0.417. The van der Waals surface area contributed by atoms with Crippen LogP contribution in [0, 0.1) is 11.8 Å². The quantitative estimate of drug-likeness (QED) is 0.619. The topological polar surface area (TPSA) is 83.8 Å². The highest BCUT2D eigenvalue weighted by molar-refractivity contribution is 7.90.